The van der Waals surface area contributed by atoms with Crippen LogP contribution in [0.5, 0.6) is 0 Å². The lowest BCUT2D eigenvalue weighted by Gasteiger charge is -2.07. The molecular weight excluding hydrogens is 204 g/mol. The maximum absolute atomic E-state index is 11.3. The molecule has 0 aliphatic carbocycles. The van der Waals surface area contributed by atoms with E-state index in [9.17, 15) is 4.79 Å². The van der Waals surface area contributed by atoms with Crippen LogP contribution in [0, 0.1) is 6.92 Å². The average molecular weight is 222 g/mol. The van der Waals surface area contributed by atoms with Crippen molar-refractivity contribution in [3.63, 3.8) is 0 Å². The van der Waals surface area contributed by atoms with Crippen molar-refractivity contribution in [2.24, 2.45) is 0 Å². The van der Waals surface area contributed by atoms with E-state index in [1.165, 1.54) is 5.56 Å². The van der Waals surface area contributed by atoms with Crippen molar-refractivity contribution in [2.45, 2.75) is 19.9 Å². The number of carbonyl (C=O) groups is 1. The molecule has 2 amide bonds. The third kappa shape index (κ3) is 4.79. The van der Waals surface area contributed by atoms with Crippen LogP contribution in [-0.2, 0) is 6.54 Å². The van der Waals surface area contributed by atoms with Gasteiger partial charge in [0.25, 0.3) is 0 Å². The van der Waals surface area contributed by atoms with Gasteiger partial charge in [-0.25, -0.2) is 4.79 Å². The normalized spacial score (nSPS) is 9.88. The molecule has 0 unspecified atom stereocenters. The predicted molar refractivity (Wildman–Crippen MR) is 63.1 cm³/mol. The number of amides is 2. The van der Waals surface area contributed by atoms with Crippen LogP contribution >= 0.6 is 0 Å². The second kappa shape index (κ2) is 6.85. The summed E-state index contributed by atoms with van der Waals surface area (Å²) < 4.78 is 0. The highest BCUT2D eigenvalue weighted by atomic mass is 16.3. The van der Waals surface area contributed by atoms with Gasteiger partial charge < -0.3 is 15.7 Å². The zero-order valence-corrected chi connectivity index (χ0v) is 9.49. The van der Waals surface area contributed by atoms with Gasteiger partial charge in [-0.1, -0.05) is 29.8 Å². The Morgan fingerprint density at radius 2 is 2.19 bits per heavy atom. The van der Waals surface area contributed by atoms with Crippen LogP contribution in [0.15, 0.2) is 24.3 Å². The van der Waals surface area contributed by atoms with Gasteiger partial charge in [0.05, 0.1) is 0 Å². The Hall–Kier alpha value is -1.55. The summed E-state index contributed by atoms with van der Waals surface area (Å²) in [5, 5.41) is 14.0. The Balaban J connectivity index is 2.26. The molecule has 0 saturated carbocycles. The summed E-state index contributed by atoms with van der Waals surface area (Å²) in [4.78, 5) is 11.3. The quantitative estimate of drug-likeness (QED) is 0.655. The number of benzene rings is 1. The van der Waals surface area contributed by atoms with Crippen LogP contribution in [0.4, 0.5) is 4.79 Å². The highest BCUT2D eigenvalue weighted by Gasteiger charge is 1.99. The number of aliphatic hydroxyl groups is 1. The predicted octanol–water partition coefficient (Wildman–Crippen LogP) is 1.18. The fraction of sp³-hybridized carbons (Fsp3) is 0.417. The second-order valence-electron chi connectivity index (χ2n) is 3.68. The van der Waals surface area contributed by atoms with E-state index in [0.29, 0.717) is 19.5 Å². The number of carbonyl (C=O) groups excluding carboxylic acids is 1. The molecule has 88 valence electrons. The van der Waals surface area contributed by atoms with Crippen molar-refractivity contribution < 1.29 is 9.90 Å². The average Bonchev–Trinajstić information content (AvgIpc) is 2.27. The number of nitrogens with one attached hydrogen (secondary N) is 2. The first kappa shape index (κ1) is 12.5. The van der Waals surface area contributed by atoms with Crippen LogP contribution in [0.2, 0.25) is 0 Å². The molecule has 1 rings (SSSR count). The molecule has 1 aromatic carbocycles. The fourth-order valence-corrected chi connectivity index (χ4v) is 1.35. The van der Waals surface area contributed by atoms with E-state index in [0.717, 1.165) is 5.56 Å². The van der Waals surface area contributed by atoms with Gasteiger partial charge in [-0.05, 0) is 18.9 Å². The highest BCUT2D eigenvalue weighted by Crippen LogP contribution is 2.02. The maximum atomic E-state index is 11.3. The molecule has 0 heterocycles. The van der Waals surface area contributed by atoms with E-state index < -0.39 is 0 Å². The Kier molecular flexibility index (Phi) is 5.36. The number of rotatable bonds is 5. The van der Waals surface area contributed by atoms with Gasteiger partial charge in [0.15, 0.2) is 0 Å². The van der Waals surface area contributed by atoms with Crippen LogP contribution in [0.25, 0.3) is 0 Å². The minimum absolute atomic E-state index is 0.0954. The van der Waals surface area contributed by atoms with Gasteiger partial charge >= 0.3 is 6.03 Å². The number of urea groups is 1. The molecule has 3 N–H and O–H groups in total. The van der Waals surface area contributed by atoms with E-state index in [2.05, 4.69) is 10.6 Å². The third-order valence-corrected chi connectivity index (χ3v) is 2.16. The van der Waals surface area contributed by atoms with E-state index >= 15 is 0 Å². The Morgan fingerprint density at radius 3 is 2.88 bits per heavy atom. The first-order valence-corrected chi connectivity index (χ1v) is 5.40. The standard InChI is InChI=1S/C12H18N2O2/c1-10-4-2-5-11(8-10)9-14-12(16)13-6-3-7-15/h2,4-5,8,15H,3,6-7,9H2,1H3,(H2,13,14,16). The first-order chi connectivity index (χ1) is 7.72. The molecule has 0 bridgehead atoms. The van der Waals surface area contributed by atoms with Crippen LogP contribution < -0.4 is 10.6 Å². The lowest BCUT2D eigenvalue weighted by molar-refractivity contribution is 0.237. The van der Waals surface area contributed by atoms with E-state index in [-0.39, 0.29) is 12.6 Å². The molecule has 4 heteroatoms. The van der Waals surface area contributed by atoms with Crippen molar-refractivity contribution in [2.75, 3.05) is 13.2 Å². The molecule has 0 aliphatic rings. The molecular formula is C12H18N2O2. The summed E-state index contributed by atoms with van der Waals surface area (Å²) in [5.74, 6) is 0. The van der Waals surface area contributed by atoms with E-state index in [4.69, 9.17) is 5.11 Å². The summed E-state index contributed by atoms with van der Waals surface area (Å²) in [6, 6.07) is 7.80. The lowest BCUT2D eigenvalue weighted by Crippen LogP contribution is -2.35. The Morgan fingerprint density at radius 1 is 1.38 bits per heavy atom. The Labute approximate surface area is 95.7 Å². The van der Waals surface area contributed by atoms with Gasteiger partial charge in [0.1, 0.15) is 0 Å². The summed E-state index contributed by atoms with van der Waals surface area (Å²) in [5.41, 5.74) is 2.26. The van der Waals surface area contributed by atoms with Crippen molar-refractivity contribution in [3.05, 3.63) is 35.4 Å². The molecule has 0 saturated heterocycles. The molecule has 0 aromatic heterocycles. The second-order valence-corrected chi connectivity index (χ2v) is 3.68. The zero-order valence-electron chi connectivity index (χ0n) is 9.49. The topological polar surface area (TPSA) is 61.4 Å². The third-order valence-electron chi connectivity index (χ3n) is 2.16. The fourth-order valence-electron chi connectivity index (χ4n) is 1.35. The maximum Gasteiger partial charge on any atom is 0.315 e. The van der Waals surface area contributed by atoms with E-state index in [1.54, 1.807) is 0 Å². The molecule has 1 aromatic rings. The molecule has 0 radical (unpaired) electrons. The van der Waals surface area contributed by atoms with Gasteiger partial charge in [0, 0.05) is 19.7 Å². The largest absolute Gasteiger partial charge is 0.396 e. The summed E-state index contributed by atoms with van der Waals surface area (Å²) in [6.45, 7) is 3.13. The minimum Gasteiger partial charge on any atom is -0.396 e. The number of aliphatic hydroxyl groups excluding tert-OH is 1. The molecule has 0 spiro atoms. The number of aryl methyl sites for hydroxylation is 1. The van der Waals surface area contributed by atoms with Crippen LogP contribution in [0.3, 0.4) is 0 Å². The first-order valence-electron chi connectivity index (χ1n) is 5.40. The Bertz CT molecular complexity index is 340. The number of hydrogen-bond donors (Lipinski definition) is 3. The van der Waals surface area contributed by atoms with Crippen molar-refractivity contribution in [1.29, 1.82) is 0 Å². The van der Waals surface area contributed by atoms with Gasteiger partial charge in [-0.3, -0.25) is 0 Å². The van der Waals surface area contributed by atoms with Crippen molar-refractivity contribution >= 4 is 6.03 Å². The van der Waals surface area contributed by atoms with Gasteiger partial charge in [0.2, 0.25) is 0 Å². The van der Waals surface area contributed by atoms with Crippen molar-refractivity contribution in [3.8, 4) is 0 Å². The minimum atomic E-state index is -0.199. The van der Waals surface area contributed by atoms with Crippen molar-refractivity contribution in [1.82, 2.24) is 10.6 Å². The van der Waals surface area contributed by atoms with Gasteiger partial charge in [-0.2, -0.15) is 0 Å². The highest BCUT2D eigenvalue weighted by molar-refractivity contribution is 5.73. The molecule has 0 fully saturated rings. The smallest absolute Gasteiger partial charge is 0.315 e. The van der Waals surface area contributed by atoms with E-state index in [1.807, 2.05) is 31.2 Å². The molecule has 0 atom stereocenters. The molecule has 0 aliphatic heterocycles. The monoisotopic (exact) mass is 222 g/mol. The summed E-state index contributed by atoms with van der Waals surface area (Å²) >= 11 is 0. The number of hydrogen-bond acceptors (Lipinski definition) is 2. The molecule has 16 heavy (non-hydrogen) atoms. The zero-order chi connectivity index (χ0) is 11.8. The SMILES string of the molecule is Cc1cccc(CNC(=O)NCCCO)c1. The molecule has 4 nitrogen and oxygen atoms in total. The lowest BCUT2D eigenvalue weighted by atomic mass is 10.1. The summed E-state index contributed by atoms with van der Waals surface area (Å²) in [7, 11) is 0. The van der Waals surface area contributed by atoms with Crippen LogP contribution in [-0.4, -0.2) is 24.3 Å². The summed E-state index contributed by atoms with van der Waals surface area (Å²) in [6.07, 6.45) is 0.581. The van der Waals surface area contributed by atoms with Crippen LogP contribution in [0.1, 0.15) is 17.5 Å². The van der Waals surface area contributed by atoms with Gasteiger partial charge in [-0.15, -0.1) is 0 Å².